The number of hydrogen-bond acceptors (Lipinski definition) is 4. The highest BCUT2D eigenvalue weighted by atomic mass is 35.5. The third-order valence-electron chi connectivity index (χ3n) is 2.86. The predicted octanol–water partition coefficient (Wildman–Crippen LogP) is 2.79. The third-order valence-corrected chi connectivity index (χ3v) is 3.89. The molecule has 20 heavy (non-hydrogen) atoms. The Hall–Kier alpha value is -1.37. The van der Waals surface area contributed by atoms with Crippen molar-refractivity contribution in [2.24, 2.45) is 11.7 Å². The minimum Gasteiger partial charge on any atom is -0.320 e. The summed E-state index contributed by atoms with van der Waals surface area (Å²) in [6, 6.07) is 5.37. The molecule has 2 aromatic rings. The summed E-state index contributed by atoms with van der Waals surface area (Å²) >= 11 is 1.68. The summed E-state index contributed by atoms with van der Waals surface area (Å²) in [5, 5.41) is 9.71. The van der Waals surface area contributed by atoms with Crippen molar-refractivity contribution in [2.75, 3.05) is 5.32 Å². The van der Waals surface area contributed by atoms with Crippen molar-refractivity contribution >= 4 is 35.5 Å². The van der Waals surface area contributed by atoms with E-state index in [-0.39, 0.29) is 24.2 Å². The molecule has 4 N–H and O–H groups in total. The van der Waals surface area contributed by atoms with Gasteiger partial charge in [-0.25, -0.2) is 0 Å². The van der Waals surface area contributed by atoms with E-state index >= 15 is 0 Å². The van der Waals surface area contributed by atoms with E-state index in [9.17, 15) is 4.79 Å². The average Bonchev–Trinajstić information content (AvgIpc) is 2.96. The predicted molar refractivity (Wildman–Crippen MR) is 85.3 cm³/mol. The van der Waals surface area contributed by atoms with Gasteiger partial charge >= 0.3 is 0 Å². The van der Waals surface area contributed by atoms with Crippen LogP contribution in [0.25, 0.3) is 10.6 Å². The second-order valence-corrected chi connectivity index (χ2v) is 6.12. The Balaban J connectivity index is 0.00000200. The van der Waals surface area contributed by atoms with E-state index in [0.717, 1.165) is 10.6 Å². The van der Waals surface area contributed by atoms with Crippen molar-refractivity contribution in [3.63, 3.8) is 0 Å². The number of carbonyl (C=O) groups is 1. The number of aryl methyl sites for hydroxylation is 1. The zero-order chi connectivity index (χ0) is 14.0. The smallest absolute Gasteiger partial charge is 0.242 e. The highest BCUT2D eigenvalue weighted by molar-refractivity contribution is 7.15. The molecule has 0 aliphatic carbocycles. The average molecular weight is 315 g/mol. The summed E-state index contributed by atoms with van der Waals surface area (Å²) in [7, 11) is 0. The molecule has 0 aliphatic rings. The van der Waals surface area contributed by atoms with Crippen molar-refractivity contribution < 1.29 is 4.79 Å². The van der Waals surface area contributed by atoms with E-state index in [0.29, 0.717) is 5.82 Å². The lowest BCUT2D eigenvalue weighted by atomic mass is 10.1. The maximum Gasteiger partial charge on any atom is 0.242 e. The maximum absolute atomic E-state index is 11.8. The molecule has 0 unspecified atom stereocenters. The summed E-state index contributed by atoms with van der Waals surface area (Å²) < 4.78 is 0. The molecule has 0 aromatic carbocycles. The number of thiophene rings is 1. The van der Waals surface area contributed by atoms with Gasteiger partial charge in [-0.15, -0.1) is 23.7 Å². The monoisotopic (exact) mass is 314 g/mol. The van der Waals surface area contributed by atoms with Gasteiger partial charge in [0.15, 0.2) is 5.82 Å². The lowest BCUT2D eigenvalue weighted by Gasteiger charge is -2.13. The molecule has 5 nitrogen and oxygen atoms in total. The highest BCUT2D eigenvalue weighted by Crippen LogP contribution is 2.27. The topological polar surface area (TPSA) is 83.8 Å². The molecule has 1 amide bonds. The first kappa shape index (κ1) is 16.7. The Morgan fingerprint density at radius 2 is 2.15 bits per heavy atom. The quantitative estimate of drug-likeness (QED) is 0.811. The fourth-order valence-corrected chi connectivity index (χ4v) is 2.44. The summed E-state index contributed by atoms with van der Waals surface area (Å²) in [4.78, 5) is 14.1. The van der Waals surface area contributed by atoms with Crippen LogP contribution < -0.4 is 11.1 Å². The SMILES string of the molecule is Cc1ccc(-c2cc(NC(=O)[C@@H](N)C(C)C)n[nH]2)s1.Cl. The molecule has 0 aliphatic heterocycles. The number of nitrogens with zero attached hydrogens (tertiary/aromatic N) is 1. The highest BCUT2D eigenvalue weighted by Gasteiger charge is 2.18. The van der Waals surface area contributed by atoms with Gasteiger partial charge in [0.05, 0.1) is 16.6 Å². The first-order valence-corrected chi connectivity index (χ1v) is 6.97. The number of amides is 1. The number of nitrogens with one attached hydrogen (secondary N) is 2. The molecule has 0 fully saturated rings. The Morgan fingerprint density at radius 3 is 2.70 bits per heavy atom. The van der Waals surface area contributed by atoms with Gasteiger partial charge in [0.2, 0.25) is 5.91 Å². The molecule has 2 heterocycles. The molecule has 110 valence electrons. The van der Waals surface area contributed by atoms with Crippen molar-refractivity contribution in [1.29, 1.82) is 0 Å². The molecular formula is C13H19ClN4OS. The van der Waals surface area contributed by atoms with Gasteiger partial charge in [-0.05, 0) is 25.0 Å². The number of H-pyrrole nitrogens is 1. The van der Waals surface area contributed by atoms with Gasteiger partial charge in [0.25, 0.3) is 0 Å². The molecule has 0 spiro atoms. The Morgan fingerprint density at radius 1 is 1.45 bits per heavy atom. The molecule has 0 saturated carbocycles. The van der Waals surface area contributed by atoms with Crippen LogP contribution >= 0.6 is 23.7 Å². The standard InChI is InChI=1S/C13H18N4OS.ClH/c1-7(2)12(14)13(18)15-11-6-9(16-17-11)10-5-4-8(3)19-10;/h4-7,12H,14H2,1-3H3,(H2,15,16,17,18);1H/t12-;/m0./s1. The Labute approximate surface area is 128 Å². The zero-order valence-corrected chi connectivity index (χ0v) is 13.3. The summed E-state index contributed by atoms with van der Waals surface area (Å²) in [5.74, 6) is 0.385. The molecular weight excluding hydrogens is 296 g/mol. The van der Waals surface area contributed by atoms with Crippen LogP contribution in [0, 0.1) is 12.8 Å². The fraction of sp³-hybridized carbons (Fsp3) is 0.385. The van der Waals surface area contributed by atoms with Crippen molar-refractivity contribution in [3.8, 4) is 10.6 Å². The third kappa shape index (κ3) is 3.82. The maximum atomic E-state index is 11.8. The molecule has 1 atom stereocenters. The van der Waals surface area contributed by atoms with Crippen molar-refractivity contribution in [2.45, 2.75) is 26.8 Å². The second-order valence-electron chi connectivity index (χ2n) is 4.84. The van der Waals surface area contributed by atoms with E-state index in [1.54, 1.807) is 11.3 Å². The van der Waals surface area contributed by atoms with Crippen LogP contribution in [0.3, 0.4) is 0 Å². The number of aromatic amines is 1. The number of halogens is 1. The van der Waals surface area contributed by atoms with E-state index in [1.807, 2.05) is 32.0 Å². The van der Waals surface area contributed by atoms with Crippen LogP contribution in [0.15, 0.2) is 18.2 Å². The molecule has 0 radical (unpaired) electrons. The Kier molecular flexibility index (Phi) is 5.74. The molecule has 0 bridgehead atoms. The normalized spacial score (nSPS) is 12.1. The van der Waals surface area contributed by atoms with E-state index in [4.69, 9.17) is 5.73 Å². The zero-order valence-electron chi connectivity index (χ0n) is 11.6. The number of nitrogens with two attached hydrogens (primary N) is 1. The summed E-state index contributed by atoms with van der Waals surface area (Å²) in [6.07, 6.45) is 0. The van der Waals surface area contributed by atoms with Gasteiger partial charge in [-0.2, -0.15) is 5.10 Å². The molecule has 0 saturated heterocycles. The minimum absolute atomic E-state index is 0. The van der Waals surface area contributed by atoms with E-state index in [1.165, 1.54) is 4.88 Å². The van der Waals surface area contributed by atoms with Crippen molar-refractivity contribution in [1.82, 2.24) is 10.2 Å². The number of rotatable bonds is 4. The number of carbonyl (C=O) groups excluding carboxylic acids is 1. The largest absolute Gasteiger partial charge is 0.320 e. The first-order chi connectivity index (χ1) is 8.97. The van der Waals surface area contributed by atoms with Gasteiger partial charge in [-0.1, -0.05) is 13.8 Å². The molecule has 2 aromatic heterocycles. The fourth-order valence-electron chi connectivity index (χ4n) is 1.60. The molecule has 7 heteroatoms. The lowest BCUT2D eigenvalue weighted by Crippen LogP contribution is -2.39. The lowest BCUT2D eigenvalue weighted by molar-refractivity contribution is -0.118. The van der Waals surface area contributed by atoms with Crippen LogP contribution in [0.5, 0.6) is 0 Å². The van der Waals surface area contributed by atoms with Crippen molar-refractivity contribution in [3.05, 3.63) is 23.1 Å². The number of hydrogen-bond donors (Lipinski definition) is 3. The van der Waals surface area contributed by atoms with Gasteiger partial charge < -0.3 is 11.1 Å². The van der Waals surface area contributed by atoms with E-state index < -0.39 is 6.04 Å². The Bertz CT molecular complexity index is 578. The number of aromatic nitrogens is 2. The van der Waals surface area contributed by atoms with Gasteiger partial charge in [-0.3, -0.25) is 9.89 Å². The van der Waals surface area contributed by atoms with E-state index in [2.05, 4.69) is 22.4 Å². The van der Waals surface area contributed by atoms with Gasteiger partial charge in [0.1, 0.15) is 0 Å². The van der Waals surface area contributed by atoms with Crippen LogP contribution in [-0.2, 0) is 4.79 Å². The number of anilines is 1. The van der Waals surface area contributed by atoms with Crippen LogP contribution in [0.4, 0.5) is 5.82 Å². The van der Waals surface area contributed by atoms with Crippen LogP contribution in [-0.4, -0.2) is 22.1 Å². The molecule has 2 rings (SSSR count). The second kappa shape index (κ2) is 6.88. The van der Waals surface area contributed by atoms with Crippen LogP contribution in [0.2, 0.25) is 0 Å². The van der Waals surface area contributed by atoms with Gasteiger partial charge in [0, 0.05) is 10.9 Å². The minimum atomic E-state index is -0.524. The summed E-state index contributed by atoms with van der Waals surface area (Å²) in [5.41, 5.74) is 6.68. The van der Waals surface area contributed by atoms with Crippen LogP contribution in [0.1, 0.15) is 18.7 Å². The summed E-state index contributed by atoms with van der Waals surface area (Å²) in [6.45, 7) is 5.87. The first-order valence-electron chi connectivity index (χ1n) is 6.16.